The van der Waals surface area contributed by atoms with Gasteiger partial charge in [-0.3, -0.25) is 20.4 Å². The van der Waals surface area contributed by atoms with E-state index >= 15 is 0 Å². The van der Waals surface area contributed by atoms with E-state index in [1.54, 1.807) is 18.2 Å². The molecule has 7 nitrogen and oxygen atoms in total. The topological polar surface area (TPSA) is 96.1 Å². The van der Waals surface area contributed by atoms with Crippen LogP contribution in [0.2, 0.25) is 0 Å². The number of fused-ring (bicyclic) bond motifs is 1. The molecule has 3 rings (SSSR count). The number of hydrogen-bond donors (Lipinski definition) is 3. The predicted molar refractivity (Wildman–Crippen MR) is 95.7 cm³/mol. The third-order valence-corrected chi connectivity index (χ3v) is 3.77. The van der Waals surface area contributed by atoms with Crippen molar-refractivity contribution < 1.29 is 14.3 Å². The van der Waals surface area contributed by atoms with Crippen LogP contribution in [0, 0.1) is 0 Å². The van der Waals surface area contributed by atoms with Crippen molar-refractivity contribution in [3.05, 3.63) is 58.8 Å². The molecule has 0 aliphatic heterocycles. The summed E-state index contributed by atoms with van der Waals surface area (Å²) >= 11 is 3.32. The van der Waals surface area contributed by atoms with Crippen LogP contribution in [0.5, 0.6) is 5.75 Å². The summed E-state index contributed by atoms with van der Waals surface area (Å²) in [6.07, 6.45) is 0.0292. The van der Waals surface area contributed by atoms with Crippen molar-refractivity contribution >= 4 is 38.8 Å². The van der Waals surface area contributed by atoms with E-state index in [0.29, 0.717) is 11.6 Å². The molecule has 128 valence electrons. The molecule has 0 radical (unpaired) electrons. The lowest BCUT2D eigenvalue weighted by molar-refractivity contribution is -0.129. The molecule has 2 aromatic carbocycles. The zero-order valence-corrected chi connectivity index (χ0v) is 14.7. The summed E-state index contributed by atoms with van der Waals surface area (Å²) in [7, 11) is 0. The Balaban J connectivity index is 1.44. The molecular weight excluding hydrogens is 388 g/mol. The summed E-state index contributed by atoms with van der Waals surface area (Å²) in [5.41, 5.74) is 6.29. The Bertz CT molecular complexity index is 877. The van der Waals surface area contributed by atoms with Gasteiger partial charge in [-0.2, -0.15) is 0 Å². The van der Waals surface area contributed by atoms with Gasteiger partial charge in [0.25, 0.3) is 5.91 Å². The molecule has 3 aromatic rings. The van der Waals surface area contributed by atoms with Crippen molar-refractivity contribution in [2.45, 2.75) is 6.42 Å². The summed E-state index contributed by atoms with van der Waals surface area (Å²) < 4.78 is 6.18. The molecule has 0 unspecified atom stereocenters. The van der Waals surface area contributed by atoms with Gasteiger partial charge in [-0.25, -0.2) is 4.98 Å². The number of carbonyl (C=O) groups excluding carboxylic acids is 2. The minimum absolute atomic E-state index is 0.0292. The number of rotatable bonds is 5. The van der Waals surface area contributed by atoms with Crippen molar-refractivity contribution in [3.63, 3.8) is 0 Å². The van der Waals surface area contributed by atoms with Crippen LogP contribution in [0.15, 0.2) is 53.0 Å². The highest BCUT2D eigenvalue weighted by Crippen LogP contribution is 2.17. The summed E-state index contributed by atoms with van der Waals surface area (Å²) in [6, 6.07) is 14.6. The average Bonchev–Trinajstić information content (AvgIpc) is 3.00. The van der Waals surface area contributed by atoms with E-state index < -0.39 is 5.91 Å². The highest BCUT2D eigenvalue weighted by molar-refractivity contribution is 9.10. The molecule has 8 heteroatoms. The largest absolute Gasteiger partial charge is 0.484 e. The third-order valence-electron chi connectivity index (χ3n) is 3.27. The van der Waals surface area contributed by atoms with Gasteiger partial charge in [0.1, 0.15) is 11.6 Å². The second kappa shape index (κ2) is 7.80. The van der Waals surface area contributed by atoms with Crippen LogP contribution in [0.25, 0.3) is 11.0 Å². The Morgan fingerprint density at radius 3 is 2.68 bits per heavy atom. The van der Waals surface area contributed by atoms with E-state index in [-0.39, 0.29) is 18.9 Å². The van der Waals surface area contributed by atoms with Gasteiger partial charge in [0.15, 0.2) is 6.61 Å². The molecule has 0 fully saturated rings. The summed E-state index contributed by atoms with van der Waals surface area (Å²) in [5.74, 6) is 0.240. The van der Waals surface area contributed by atoms with Crippen molar-refractivity contribution in [1.82, 2.24) is 20.8 Å². The van der Waals surface area contributed by atoms with Gasteiger partial charge < -0.3 is 9.72 Å². The van der Waals surface area contributed by atoms with Gasteiger partial charge in [-0.1, -0.05) is 34.1 Å². The third kappa shape index (κ3) is 4.80. The first-order valence-electron chi connectivity index (χ1n) is 7.50. The number of aromatic nitrogens is 2. The number of amides is 2. The van der Waals surface area contributed by atoms with Crippen molar-refractivity contribution in [3.8, 4) is 5.75 Å². The van der Waals surface area contributed by atoms with E-state index in [1.165, 1.54) is 0 Å². The zero-order chi connectivity index (χ0) is 17.6. The number of H-pyrrole nitrogens is 1. The zero-order valence-electron chi connectivity index (χ0n) is 13.1. The highest BCUT2D eigenvalue weighted by atomic mass is 79.9. The fraction of sp³-hybridized carbons (Fsp3) is 0.118. The smallest absolute Gasteiger partial charge is 0.276 e. The second-order valence-electron chi connectivity index (χ2n) is 5.22. The van der Waals surface area contributed by atoms with Crippen LogP contribution < -0.4 is 15.6 Å². The number of nitrogens with zero attached hydrogens (tertiary/aromatic N) is 1. The lowest BCUT2D eigenvalue weighted by Gasteiger charge is -2.08. The van der Waals surface area contributed by atoms with Crippen LogP contribution in [-0.4, -0.2) is 28.4 Å². The summed E-state index contributed by atoms with van der Waals surface area (Å²) in [5, 5.41) is 0. The minimum atomic E-state index is -0.460. The standard InChI is InChI=1S/C17H15BrN4O3/c18-11-4-3-5-12(8-11)25-10-17(24)22-21-16(23)9-15-19-13-6-1-2-7-14(13)20-15/h1-8H,9-10H2,(H,19,20)(H,21,23)(H,22,24). The summed E-state index contributed by atoms with van der Waals surface area (Å²) in [4.78, 5) is 31.0. The first-order valence-corrected chi connectivity index (χ1v) is 8.29. The highest BCUT2D eigenvalue weighted by Gasteiger charge is 2.09. The van der Waals surface area contributed by atoms with Gasteiger partial charge in [0, 0.05) is 4.47 Å². The Morgan fingerprint density at radius 2 is 1.88 bits per heavy atom. The number of para-hydroxylation sites is 2. The Labute approximate surface area is 151 Å². The number of nitrogens with one attached hydrogen (secondary N) is 3. The van der Waals surface area contributed by atoms with Gasteiger partial charge >= 0.3 is 0 Å². The molecule has 0 bridgehead atoms. The first-order chi connectivity index (χ1) is 12.1. The molecule has 0 saturated carbocycles. The number of halogens is 1. The number of aromatic amines is 1. The predicted octanol–water partition coefficient (Wildman–Crippen LogP) is 2.09. The quantitative estimate of drug-likeness (QED) is 0.569. The molecule has 0 spiro atoms. The first kappa shape index (κ1) is 17.0. The number of carbonyl (C=O) groups is 2. The molecule has 0 saturated heterocycles. The number of benzene rings is 2. The molecule has 1 heterocycles. The Hall–Kier alpha value is -2.87. The van der Waals surface area contributed by atoms with Crippen LogP contribution in [0.3, 0.4) is 0 Å². The average molecular weight is 403 g/mol. The van der Waals surface area contributed by atoms with Crippen molar-refractivity contribution in [2.24, 2.45) is 0 Å². The van der Waals surface area contributed by atoms with Gasteiger partial charge in [-0.05, 0) is 30.3 Å². The maximum Gasteiger partial charge on any atom is 0.276 e. The van der Waals surface area contributed by atoms with Crippen molar-refractivity contribution in [1.29, 1.82) is 0 Å². The Morgan fingerprint density at radius 1 is 1.08 bits per heavy atom. The molecule has 3 N–H and O–H groups in total. The Kier molecular flexibility index (Phi) is 5.30. The molecular formula is C17H15BrN4O3. The lowest BCUT2D eigenvalue weighted by atomic mass is 10.3. The summed E-state index contributed by atoms with van der Waals surface area (Å²) in [6.45, 7) is -0.207. The molecule has 0 atom stereocenters. The number of hydrazine groups is 1. The number of hydrogen-bond acceptors (Lipinski definition) is 4. The molecule has 1 aromatic heterocycles. The van der Waals surface area contributed by atoms with E-state index in [1.807, 2.05) is 30.3 Å². The molecule has 25 heavy (non-hydrogen) atoms. The monoisotopic (exact) mass is 402 g/mol. The van der Waals surface area contributed by atoms with Crippen LogP contribution in [0.1, 0.15) is 5.82 Å². The molecule has 2 amide bonds. The maximum atomic E-state index is 11.9. The second-order valence-corrected chi connectivity index (χ2v) is 6.14. The molecule has 0 aliphatic rings. The van der Waals surface area contributed by atoms with E-state index in [4.69, 9.17) is 4.74 Å². The van der Waals surface area contributed by atoms with Crippen molar-refractivity contribution in [2.75, 3.05) is 6.61 Å². The number of imidazole rings is 1. The van der Waals surface area contributed by atoms with Gasteiger partial charge in [-0.15, -0.1) is 0 Å². The SMILES string of the molecule is O=C(COc1cccc(Br)c1)NNC(=O)Cc1nc2ccccc2[nH]1. The number of ether oxygens (including phenoxy) is 1. The van der Waals surface area contributed by atoms with E-state index in [0.717, 1.165) is 15.5 Å². The lowest BCUT2D eigenvalue weighted by Crippen LogP contribution is -2.44. The fourth-order valence-electron chi connectivity index (χ4n) is 2.17. The fourth-order valence-corrected chi connectivity index (χ4v) is 2.55. The van der Waals surface area contributed by atoms with Crippen LogP contribution in [0.4, 0.5) is 0 Å². The van der Waals surface area contributed by atoms with Crippen LogP contribution >= 0.6 is 15.9 Å². The minimum Gasteiger partial charge on any atom is -0.484 e. The van der Waals surface area contributed by atoms with Gasteiger partial charge in [0.2, 0.25) is 5.91 Å². The molecule has 0 aliphatic carbocycles. The maximum absolute atomic E-state index is 11.9. The normalized spacial score (nSPS) is 10.4. The van der Waals surface area contributed by atoms with E-state index in [2.05, 4.69) is 36.7 Å². The van der Waals surface area contributed by atoms with Crippen LogP contribution in [-0.2, 0) is 16.0 Å². The van der Waals surface area contributed by atoms with Gasteiger partial charge in [0.05, 0.1) is 17.5 Å². The van der Waals surface area contributed by atoms with E-state index in [9.17, 15) is 9.59 Å².